The third kappa shape index (κ3) is 6.72. The Morgan fingerprint density at radius 3 is 2.34 bits per heavy atom. The fourth-order valence-electron chi connectivity index (χ4n) is 6.13. The van der Waals surface area contributed by atoms with Gasteiger partial charge in [0.15, 0.2) is 5.60 Å². The largest absolute Gasteiger partial charge is 0.481 e. The van der Waals surface area contributed by atoms with Crippen molar-refractivity contribution >= 4 is 47.0 Å². The van der Waals surface area contributed by atoms with Gasteiger partial charge in [-0.2, -0.15) is 0 Å². The summed E-state index contributed by atoms with van der Waals surface area (Å²) < 4.78 is 5.22. The van der Waals surface area contributed by atoms with E-state index >= 15 is 0 Å². The van der Waals surface area contributed by atoms with E-state index in [1.165, 1.54) is 23.1 Å². The Bertz CT molecular complexity index is 1470. The van der Waals surface area contributed by atoms with Crippen LogP contribution in [0.2, 0.25) is 5.02 Å². The first kappa shape index (κ1) is 32.9. The second kappa shape index (κ2) is 12.9. The fraction of sp³-hybridized carbons (Fsp3) is 0.452. The zero-order chi connectivity index (χ0) is 32.4. The predicted molar refractivity (Wildman–Crippen MR) is 160 cm³/mol. The summed E-state index contributed by atoms with van der Waals surface area (Å²) in [5.74, 6) is -5.19. The predicted octanol–water partition coefficient (Wildman–Crippen LogP) is 2.18. The first-order valence-electron chi connectivity index (χ1n) is 14.1. The van der Waals surface area contributed by atoms with E-state index in [4.69, 9.17) is 21.4 Å². The Morgan fingerprint density at radius 2 is 1.73 bits per heavy atom. The maximum Gasteiger partial charge on any atom is 0.336 e. The van der Waals surface area contributed by atoms with Crippen LogP contribution in [-0.2, 0) is 35.8 Å². The van der Waals surface area contributed by atoms with Crippen LogP contribution in [0.25, 0.3) is 0 Å². The van der Waals surface area contributed by atoms with Gasteiger partial charge in [-0.3, -0.25) is 19.2 Å². The number of likely N-dealkylation sites (N-methyl/N-ethyl adjacent to an activating group) is 1. The topological polar surface area (TPSA) is 165 Å². The normalized spacial score (nSPS) is 17.9. The van der Waals surface area contributed by atoms with Crippen molar-refractivity contribution in [2.24, 2.45) is 5.92 Å². The Hall–Kier alpha value is -4.00. The van der Waals surface area contributed by atoms with E-state index in [1.807, 2.05) is 24.3 Å². The number of halogens is 1. The van der Waals surface area contributed by atoms with Gasteiger partial charge in [0.05, 0.1) is 24.2 Å². The molecule has 2 unspecified atom stereocenters. The number of para-hydroxylation sites is 1. The second-order valence-corrected chi connectivity index (χ2v) is 12.1. The zero-order valence-electron chi connectivity index (χ0n) is 24.8. The number of hydrogen-bond acceptors (Lipinski definition) is 8. The minimum absolute atomic E-state index is 0.00374. The van der Waals surface area contributed by atoms with E-state index in [-0.39, 0.29) is 24.0 Å². The van der Waals surface area contributed by atoms with Crippen LogP contribution in [0.5, 0.6) is 5.75 Å². The number of piperidine rings is 1. The Labute approximate surface area is 259 Å². The molecule has 2 aliphatic heterocycles. The Balaban J connectivity index is 1.47. The summed E-state index contributed by atoms with van der Waals surface area (Å²) in [6.07, 6.45) is -0.842. The molecule has 0 aliphatic carbocycles. The average Bonchev–Trinajstić information content (AvgIpc) is 3.16. The van der Waals surface area contributed by atoms with Crippen LogP contribution in [0, 0.1) is 5.92 Å². The third-order valence-corrected chi connectivity index (χ3v) is 8.84. The molecule has 3 N–H and O–H groups in total. The molecular formula is C31H36ClN3O9. The molecule has 0 radical (unpaired) electrons. The number of likely N-dealkylation sites (tertiary alicyclic amines) is 1. The molecule has 2 heterocycles. The molecule has 2 aromatic rings. The highest BCUT2D eigenvalue weighted by atomic mass is 35.5. The molecule has 2 aromatic carbocycles. The van der Waals surface area contributed by atoms with Gasteiger partial charge < -0.3 is 34.8 Å². The highest BCUT2D eigenvalue weighted by Crippen LogP contribution is 2.47. The number of aliphatic carboxylic acids is 2. The van der Waals surface area contributed by atoms with Gasteiger partial charge in [0, 0.05) is 38.4 Å². The molecule has 2 atom stereocenters. The SMILES string of the molecule is CN(C)C(=O)C(Cc1cc(OC(=O)CC(O)(CC(=O)O)C(=O)O)ccc1Cl)CN1CCC2(CC1)C(=O)N(C)c1ccccc12. The maximum atomic E-state index is 13.3. The molecule has 0 aromatic heterocycles. The third-order valence-electron chi connectivity index (χ3n) is 8.47. The molecule has 2 aliphatic rings. The van der Waals surface area contributed by atoms with Gasteiger partial charge in [0.25, 0.3) is 0 Å². The monoisotopic (exact) mass is 629 g/mol. The Morgan fingerprint density at radius 1 is 1.07 bits per heavy atom. The smallest absolute Gasteiger partial charge is 0.336 e. The summed E-state index contributed by atoms with van der Waals surface area (Å²) in [6.45, 7) is 1.62. The highest BCUT2D eigenvalue weighted by Gasteiger charge is 2.51. The number of hydrogen-bond donors (Lipinski definition) is 3. The van der Waals surface area contributed by atoms with Crippen molar-refractivity contribution < 1.29 is 44.0 Å². The summed E-state index contributed by atoms with van der Waals surface area (Å²) in [5.41, 5.74) is -0.949. The van der Waals surface area contributed by atoms with Crippen molar-refractivity contribution in [3.63, 3.8) is 0 Å². The number of fused-ring (bicyclic) bond motifs is 2. The highest BCUT2D eigenvalue weighted by molar-refractivity contribution is 6.31. The molecule has 236 valence electrons. The average molecular weight is 630 g/mol. The zero-order valence-corrected chi connectivity index (χ0v) is 25.5. The van der Waals surface area contributed by atoms with Gasteiger partial charge in [0.2, 0.25) is 11.8 Å². The molecule has 2 amide bonds. The molecule has 0 bridgehead atoms. The Kier molecular flexibility index (Phi) is 9.67. The van der Waals surface area contributed by atoms with Crippen LogP contribution in [0.4, 0.5) is 5.69 Å². The van der Waals surface area contributed by atoms with E-state index in [0.717, 1.165) is 11.3 Å². The van der Waals surface area contributed by atoms with Crippen molar-refractivity contribution in [3.05, 3.63) is 58.6 Å². The molecule has 4 rings (SSSR count). The lowest BCUT2D eigenvalue weighted by atomic mass is 9.73. The number of carbonyl (C=O) groups excluding carboxylic acids is 3. The molecule has 44 heavy (non-hydrogen) atoms. The summed E-state index contributed by atoms with van der Waals surface area (Å²) in [7, 11) is 5.11. The van der Waals surface area contributed by atoms with Crippen molar-refractivity contribution in [1.29, 1.82) is 0 Å². The molecule has 1 spiro atoms. The molecule has 1 fully saturated rings. The van der Waals surface area contributed by atoms with Gasteiger partial charge in [0.1, 0.15) is 5.75 Å². The van der Waals surface area contributed by atoms with E-state index in [2.05, 4.69) is 4.90 Å². The number of carbonyl (C=O) groups is 5. The lowest BCUT2D eigenvalue weighted by Gasteiger charge is -2.39. The van der Waals surface area contributed by atoms with Crippen LogP contribution in [0.1, 0.15) is 36.8 Å². The quantitative estimate of drug-likeness (QED) is 0.248. The van der Waals surface area contributed by atoms with Crippen LogP contribution >= 0.6 is 11.6 Å². The van der Waals surface area contributed by atoms with Crippen LogP contribution in [-0.4, -0.2) is 101 Å². The number of anilines is 1. The molecule has 12 nitrogen and oxygen atoms in total. The molecular weight excluding hydrogens is 594 g/mol. The van der Waals surface area contributed by atoms with Gasteiger partial charge in [-0.25, -0.2) is 4.79 Å². The van der Waals surface area contributed by atoms with Crippen LogP contribution in [0.15, 0.2) is 42.5 Å². The number of benzene rings is 2. The number of amides is 2. The minimum atomic E-state index is -2.84. The standard InChI is InChI=1S/C31H36ClN3O9/c1-33(2)27(39)20(18-35-12-10-30(11-13-35)22-6-4-5-7-24(22)34(3)28(30)40)14-19-15-21(8-9-23(19)32)44-26(38)17-31(43,29(41)42)16-25(36)37/h4-9,15,20,43H,10-14,16-18H2,1-3H3,(H,36,37)(H,41,42). The first-order chi connectivity index (χ1) is 20.7. The van der Waals surface area contributed by atoms with Crippen molar-refractivity contribution in [3.8, 4) is 5.75 Å². The van der Waals surface area contributed by atoms with Gasteiger partial charge >= 0.3 is 17.9 Å². The van der Waals surface area contributed by atoms with Crippen molar-refractivity contribution in [2.45, 2.75) is 43.1 Å². The van der Waals surface area contributed by atoms with Crippen LogP contribution < -0.4 is 9.64 Å². The summed E-state index contributed by atoms with van der Waals surface area (Å²) in [5, 5.41) is 28.7. The van der Waals surface area contributed by atoms with E-state index in [9.17, 15) is 34.2 Å². The van der Waals surface area contributed by atoms with Gasteiger partial charge in [-0.1, -0.05) is 29.8 Å². The number of rotatable bonds is 11. The number of esters is 1. The molecule has 0 saturated carbocycles. The second-order valence-electron chi connectivity index (χ2n) is 11.7. The van der Waals surface area contributed by atoms with Crippen LogP contribution in [0.3, 0.4) is 0 Å². The van der Waals surface area contributed by atoms with Crippen molar-refractivity contribution in [2.75, 3.05) is 45.7 Å². The first-order valence-corrected chi connectivity index (χ1v) is 14.5. The van der Waals surface area contributed by atoms with E-state index in [1.54, 1.807) is 26.0 Å². The number of nitrogens with zero attached hydrogens (tertiary/aromatic N) is 3. The van der Waals surface area contributed by atoms with E-state index < -0.39 is 47.7 Å². The summed E-state index contributed by atoms with van der Waals surface area (Å²) in [4.78, 5) is 66.9. The lowest BCUT2D eigenvalue weighted by Crippen LogP contribution is -2.50. The number of ether oxygens (including phenoxy) is 1. The maximum absolute atomic E-state index is 13.3. The number of aliphatic hydroxyl groups is 1. The minimum Gasteiger partial charge on any atom is -0.481 e. The number of carboxylic acid groups (broad SMARTS) is 2. The number of carboxylic acids is 2. The summed E-state index contributed by atoms with van der Waals surface area (Å²) >= 11 is 6.46. The van der Waals surface area contributed by atoms with Crippen molar-refractivity contribution in [1.82, 2.24) is 9.80 Å². The van der Waals surface area contributed by atoms with E-state index in [0.29, 0.717) is 43.1 Å². The molecule has 1 saturated heterocycles. The van der Waals surface area contributed by atoms with Gasteiger partial charge in [-0.15, -0.1) is 0 Å². The fourth-order valence-corrected chi connectivity index (χ4v) is 6.33. The summed E-state index contributed by atoms with van der Waals surface area (Å²) in [6, 6.07) is 12.1. The lowest BCUT2D eigenvalue weighted by molar-refractivity contribution is -0.169. The molecule has 13 heteroatoms. The van der Waals surface area contributed by atoms with Gasteiger partial charge in [-0.05, 0) is 67.7 Å².